The Morgan fingerprint density at radius 2 is 2.43 bits per heavy atom. The van der Waals surface area contributed by atoms with Crippen LogP contribution in [0.5, 0.6) is 5.88 Å². The van der Waals surface area contributed by atoms with E-state index in [9.17, 15) is 0 Å². The van der Waals surface area contributed by atoms with Crippen molar-refractivity contribution in [2.45, 2.75) is 26.2 Å². The number of rotatable bonds is 5. The molecule has 3 rings (SSSR count). The van der Waals surface area contributed by atoms with Gasteiger partial charge >= 0.3 is 0 Å². The standard InChI is InChI=1S/C17H25N3O/c1-2-3-10-20-11-8-14(12-20)13-21-16-7-6-15-5-4-9-18-17(15)19-16/h2-3,6-7,14H,4-5,8-13H2,1H3,(H,18,19)/b3-2+/t14-/m1/s1. The minimum Gasteiger partial charge on any atom is -0.477 e. The summed E-state index contributed by atoms with van der Waals surface area (Å²) in [4.78, 5) is 7.07. The van der Waals surface area contributed by atoms with Crippen LogP contribution < -0.4 is 10.1 Å². The molecule has 1 aromatic rings. The van der Waals surface area contributed by atoms with Crippen LogP contribution in [0.2, 0.25) is 0 Å². The van der Waals surface area contributed by atoms with Gasteiger partial charge in [-0.1, -0.05) is 12.2 Å². The molecule has 114 valence electrons. The predicted molar refractivity (Wildman–Crippen MR) is 85.9 cm³/mol. The van der Waals surface area contributed by atoms with Gasteiger partial charge in [-0.3, -0.25) is 4.90 Å². The largest absolute Gasteiger partial charge is 0.477 e. The van der Waals surface area contributed by atoms with Gasteiger partial charge < -0.3 is 10.1 Å². The molecule has 4 nitrogen and oxygen atoms in total. The summed E-state index contributed by atoms with van der Waals surface area (Å²) >= 11 is 0. The number of aromatic nitrogens is 1. The van der Waals surface area contributed by atoms with Gasteiger partial charge in [0, 0.05) is 31.6 Å². The van der Waals surface area contributed by atoms with Crippen molar-refractivity contribution in [2.24, 2.45) is 5.92 Å². The molecule has 2 aliphatic heterocycles. The number of anilines is 1. The maximum atomic E-state index is 5.91. The average Bonchev–Trinajstić information content (AvgIpc) is 2.98. The zero-order valence-corrected chi connectivity index (χ0v) is 12.8. The first-order valence-corrected chi connectivity index (χ1v) is 8.05. The molecule has 0 spiro atoms. The minimum atomic E-state index is 0.626. The van der Waals surface area contributed by atoms with Crippen LogP contribution in [-0.2, 0) is 6.42 Å². The van der Waals surface area contributed by atoms with E-state index in [1.807, 2.05) is 6.07 Å². The zero-order valence-electron chi connectivity index (χ0n) is 12.8. The first kappa shape index (κ1) is 14.4. The van der Waals surface area contributed by atoms with Crippen molar-refractivity contribution in [1.82, 2.24) is 9.88 Å². The Bertz CT molecular complexity index is 501. The predicted octanol–water partition coefficient (Wildman–Crippen LogP) is 2.72. The molecule has 2 aliphatic rings. The fraction of sp³-hybridized carbons (Fsp3) is 0.588. The lowest BCUT2D eigenvalue weighted by molar-refractivity contribution is 0.238. The molecular formula is C17H25N3O. The van der Waals surface area contributed by atoms with Gasteiger partial charge in [0.1, 0.15) is 5.82 Å². The van der Waals surface area contributed by atoms with E-state index in [1.54, 1.807) is 0 Å². The number of aryl methyl sites for hydroxylation is 1. The smallest absolute Gasteiger partial charge is 0.215 e. The van der Waals surface area contributed by atoms with Crippen molar-refractivity contribution in [3.63, 3.8) is 0 Å². The molecule has 0 aromatic carbocycles. The summed E-state index contributed by atoms with van der Waals surface area (Å²) < 4.78 is 5.91. The Hall–Kier alpha value is -1.55. The van der Waals surface area contributed by atoms with Crippen LogP contribution in [0.4, 0.5) is 5.82 Å². The number of fused-ring (bicyclic) bond motifs is 1. The van der Waals surface area contributed by atoms with Crippen molar-refractivity contribution in [2.75, 3.05) is 38.1 Å². The second-order valence-corrected chi connectivity index (χ2v) is 5.98. The molecule has 0 bridgehead atoms. The van der Waals surface area contributed by atoms with E-state index >= 15 is 0 Å². The highest BCUT2D eigenvalue weighted by molar-refractivity contribution is 5.48. The molecule has 1 atom stereocenters. The molecule has 0 amide bonds. The van der Waals surface area contributed by atoms with Crippen LogP contribution >= 0.6 is 0 Å². The van der Waals surface area contributed by atoms with Crippen molar-refractivity contribution < 1.29 is 4.74 Å². The van der Waals surface area contributed by atoms with Crippen molar-refractivity contribution in [3.8, 4) is 5.88 Å². The van der Waals surface area contributed by atoms with Gasteiger partial charge in [-0.15, -0.1) is 0 Å². The summed E-state index contributed by atoms with van der Waals surface area (Å²) in [5.41, 5.74) is 1.31. The van der Waals surface area contributed by atoms with Crippen LogP contribution in [0, 0.1) is 5.92 Å². The molecule has 1 N–H and O–H groups in total. The molecule has 4 heteroatoms. The van der Waals surface area contributed by atoms with Gasteiger partial charge in [-0.25, -0.2) is 0 Å². The summed E-state index contributed by atoms with van der Waals surface area (Å²) in [7, 11) is 0. The summed E-state index contributed by atoms with van der Waals surface area (Å²) in [6, 6.07) is 4.16. The number of nitrogens with zero attached hydrogens (tertiary/aromatic N) is 2. The van der Waals surface area contributed by atoms with Crippen molar-refractivity contribution in [1.29, 1.82) is 0 Å². The van der Waals surface area contributed by atoms with E-state index in [2.05, 4.69) is 40.3 Å². The number of pyridine rings is 1. The van der Waals surface area contributed by atoms with Crippen LogP contribution in [0.3, 0.4) is 0 Å². The molecule has 3 heterocycles. The zero-order chi connectivity index (χ0) is 14.5. The normalized spacial score (nSPS) is 22.2. The maximum Gasteiger partial charge on any atom is 0.215 e. The Labute approximate surface area is 127 Å². The lowest BCUT2D eigenvalue weighted by Crippen LogP contribution is -2.22. The molecule has 21 heavy (non-hydrogen) atoms. The van der Waals surface area contributed by atoms with Crippen LogP contribution in [0.15, 0.2) is 24.3 Å². The Morgan fingerprint density at radius 3 is 3.33 bits per heavy atom. The Kier molecular flexibility index (Phi) is 4.76. The summed E-state index contributed by atoms with van der Waals surface area (Å²) in [6.07, 6.45) is 7.88. The second kappa shape index (κ2) is 6.94. The SMILES string of the molecule is C/C=C/CN1CC[C@@H](COc2ccc3c(n2)NCCC3)C1. The topological polar surface area (TPSA) is 37.4 Å². The summed E-state index contributed by atoms with van der Waals surface area (Å²) in [5.74, 6) is 2.40. The third-order valence-electron chi connectivity index (χ3n) is 4.30. The fourth-order valence-electron chi connectivity index (χ4n) is 3.06. The molecule has 0 radical (unpaired) electrons. The maximum absolute atomic E-state index is 5.91. The molecule has 0 unspecified atom stereocenters. The highest BCUT2D eigenvalue weighted by atomic mass is 16.5. The van der Waals surface area contributed by atoms with Gasteiger partial charge in [-0.2, -0.15) is 4.98 Å². The van der Waals surface area contributed by atoms with Gasteiger partial charge in [0.2, 0.25) is 5.88 Å². The number of hydrogen-bond acceptors (Lipinski definition) is 4. The van der Waals surface area contributed by atoms with Gasteiger partial charge in [-0.05, 0) is 44.4 Å². The number of allylic oxidation sites excluding steroid dienone is 1. The van der Waals surface area contributed by atoms with Crippen LogP contribution in [0.1, 0.15) is 25.3 Å². The van der Waals surface area contributed by atoms with Gasteiger partial charge in [0.15, 0.2) is 0 Å². The highest BCUT2D eigenvalue weighted by Gasteiger charge is 2.22. The quantitative estimate of drug-likeness (QED) is 0.845. The molecule has 1 aromatic heterocycles. The number of ether oxygens (including phenoxy) is 1. The Balaban J connectivity index is 1.49. The number of hydrogen-bond donors (Lipinski definition) is 1. The molecule has 0 saturated carbocycles. The number of nitrogens with one attached hydrogen (secondary N) is 1. The average molecular weight is 287 g/mol. The Morgan fingerprint density at radius 1 is 1.48 bits per heavy atom. The third kappa shape index (κ3) is 3.76. The second-order valence-electron chi connectivity index (χ2n) is 5.98. The molecule has 1 fully saturated rings. The van der Waals surface area contributed by atoms with E-state index in [1.165, 1.54) is 24.9 Å². The molecular weight excluding hydrogens is 262 g/mol. The van der Waals surface area contributed by atoms with Crippen molar-refractivity contribution >= 4 is 5.82 Å². The number of likely N-dealkylation sites (tertiary alicyclic amines) is 1. The van der Waals surface area contributed by atoms with Gasteiger partial charge in [0.25, 0.3) is 0 Å². The first-order chi connectivity index (χ1) is 10.3. The van der Waals surface area contributed by atoms with Crippen LogP contribution in [0.25, 0.3) is 0 Å². The fourth-order valence-corrected chi connectivity index (χ4v) is 3.06. The van der Waals surface area contributed by atoms with E-state index < -0.39 is 0 Å². The highest BCUT2D eigenvalue weighted by Crippen LogP contribution is 2.23. The van der Waals surface area contributed by atoms with E-state index in [4.69, 9.17) is 4.74 Å². The van der Waals surface area contributed by atoms with E-state index in [-0.39, 0.29) is 0 Å². The lowest BCUT2D eigenvalue weighted by atomic mass is 10.1. The van der Waals surface area contributed by atoms with E-state index in [0.29, 0.717) is 5.92 Å². The van der Waals surface area contributed by atoms with E-state index in [0.717, 1.165) is 44.4 Å². The van der Waals surface area contributed by atoms with Crippen molar-refractivity contribution in [3.05, 3.63) is 29.8 Å². The lowest BCUT2D eigenvalue weighted by Gasteiger charge is -2.18. The molecule has 0 aliphatic carbocycles. The van der Waals surface area contributed by atoms with Crippen LogP contribution in [-0.4, -0.2) is 42.7 Å². The third-order valence-corrected chi connectivity index (χ3v) is 4.30. The molecule has 1 saturated heterocycles. The summed E-state index contributed by atoms with van der Waals surface area (Å²) in [6.45, 7) is 7.25. The first-order valence-electron chi connectivity index (χ1n) is 8.05. The van der Waals surface area contributed by atoms with Gasteiger partial charge in [0.05, 0.1) is 6.61 Å². The minimum absolute atomic E-state index is 0.626. The summed E-state index contributed by atoms with van der Waals surface area (Å²) in [5, 5.41) is 3.35. The monoisotopic (exact) mass is 287 g/mol.